The van der Waals surface area contributed by atoms with Crippen LogP contribution in [0.5, 0.6) is 0 Å². The second kappa shape index (κ2) is 7.06. The molecule has 1 unspecified atom stereocenters. The Labute approximate surface area is 103 Å². The fourth-order valence-corrected chi connectivity index (χ4v) is 1.23. The molecule has 1 fully saturated rings. The summed E-state index contributed by atoms with van der Waals surface area (Å²) in [5.41, 5.74) is -0.328. The lowest BCUT2D eigenvalue weighted by atomic mass is 10.1. The summed E-state index contributed by atoms with van der Waals surface area (Å²) in [6, 6.07) is -0.230. The fourth-order valence-electron chi connectivity index (χ4n) is 1.23. The first kappa shape index (κ1) is 15.6. The first-order chi connectivity index (χ1) is 7.05. The zero-order chi connectivity index (χ0) is 11.3. The van der Waals surface area contributed by atoms with Crippen LogP contribution in [0, 0.1) is 0 Å². The summed E-state index contributed by atoms with van der Waals surface area (Å²) in [6.07, 6.45) is 0. The zero-order valence-corrected chi connectivity index (χ0v) is 10.9. The first-order valence-corrected chi connectivity index (χ1v) is 5.19. The van der Waals surface area contributed by atoms with Crippen molar-refractivity contribution >= 4 is 18.3 Å². The van der Waals surface area contributed by atoms with Gasteiger partial charge in [0.25, 0.3) is 0 Å². The van der Waals surface area contributed by atoms with Gasteiger partial charge in [-0.2, -0.15) is 0 Å². The number of hydrogen-bond donors (Lipinski definition) is 2. The first-order valence-electron chi connectivity index (χ1n) is 5.19. The van der Waals surface area contributed by atoms with E-state index in [0.717, 1.165) is 6.54 Å². The highest BCUT2D eigenvalue weighted by molar-refractivity contribution is 5.85. The van der Waals surface area contributed by atoms with E-state index in [-0.39, 0.29) is 30.0 Å². The summed E-state index contributed by atoms with van der Waals surface area (Å²) in [7, 11) is 1.63. The molecular formula is C10H21ClN2O3. The molecule has 0 bridgehead atoms. The summed E-state index contributed by atoms with van der Waals surface area (Å²) in [5, 5.41) is 5.93. The van der Waals surface area contributed by atoms with Gasteiger partial charge in [0.1, 0.15) is 6.04 Å². The standard InChI is InChI=1S/C10H20N2O3.ClH/c1-10(2,14-3)7-12-9(13)8-6-15-5-4-11-8;/h8,11H,4-7H2,1-3H3,(H,12,13);1H. The van der Waals surface area contributed by atoms with Crippen LogP contribution in [0.2, 0.25) is 0 Å². The Balaban J connectivity index is 0.00000225. The molecule has 2 N–H and O–H groups in total. The number of carbonyl (C=O) groups is 1. The third-order valence-electron chi connectivity index (χ3n) is 2.48. The van der Waals surface area contributed by atoms with Crippen molar-refractivity contribution in [2.75, 3.05) is 33.4 Å². The van der Waals surface area contributed by atoms with Crippen molar-refractivity contribution in [1.29, 1.82) is 0 Å². The van der Waals surface area contributed by atoms with E-state index in [1.807, 2.05) is 13.8 Å². The van der Waals surface area contributed by atoms with E-state index in [0.29, 0.717) is 19.8 Å². The van der Waals surface area contributed by atoms with Crippen molar-refractivity contribution in [2.45, 2.75) is 25.5 Å². The van der Waals surface area contributed by atoms with Crippen LogP contribution >= 0.6 is 12.4 Å². The van der Waals surface area contributed by atoms with Crippen LogP contribution in [0.3, 0.4) is 0 Å². The van der Waals surface area contributed by atoms with Crippen molar-refractivity contribution in [3.8, 4) is 0 Å². The maximum atomic E-state index is 11.7. The normalized spacial score (nSPS) is 21.1. The molecule has 16 heavy (non-hydrogen) atoms. The molecule has 0 aliphatic carbocycles. The Morgan fingerprint density at radius 2 is 2.31 bits per heavy atom. The van der Waals surface area contributed by atoms with Gasteiger partial charge in [0.05, 0.1) is 18.8 Å². The molecule has 1 amide bonds. The molecule has 1 atom stereocenters. The Bertz CT molecular complexity index is 218. The molecule has 0 aromatic carbocycles. The lowest BCUT2D eigenvalue weighted by Crippen LogP contribution is -2.53. The zero-order valence-electron chi connectivity index (χ0n) is 10.0. The van der Waals surface area contributed by atoms with Crippen LogP contribution in [0.4, 0.5) is 0 Å². The Morgan fingerprint density at radius 1 is 1.62 bits per heavy atom. The summed E-state index contributed by atoms with van der Waals surface area (Å²) in [5.74, 6) is -0.0279. The van der Waals surface area contributed by atoms with Gasteiger partial charge in [-0.05, 0) is 13.8 Å². The lowest BCUT2D eigenvalue weighted by molar-refractivity contribution is -0.127. The molecule has 1 aliphatic heterocycles. The highest BCUT2D eigenvalue weighted by Gasteiger charge is 2.23. The highest BCUT2D eigenvalue weighted by atomic mass is 35.5. The number of ether oxygens (including phenoxy) is 2. The number of carbonyl (C=O) groups excluding carboxylic acids is 1. The van der Waals surface area contributed by atoms with Gasteiger partial charge < -0.3 is 20.1 Å². The summed E-state index contributed by atoms with van der Waals surface area (Å²) < 4.78 is 10.4. The minimum Gasteiger partial charge on any atom is -0.378 e. The van der Waals surface area contributed by atoms with E-state index in [1.165, 1.54) is 0 Å². The largest absolute Gasteiger partial charge is 0.378 e. The second-order valence-electron chi connectivity index (χ2n) is 4.26. The molecule has 6 heteroatoms. The van der Waals surface area contributed by atoms with Gasteiger partial charge in [0.2, 0.25) is 5.91 Å². The summed E-state index contributed by atoms with van der Waals surface area (Å²) >= 11 is 0. The Hall–Kier alpha value is -0.360. The van der Waals surface area contributed by atoms with E-state index in [9.17, 15) is 4.79 Å². The van der Waals surface area contributed by atoms with Crippen LogP contribution in [0.15, 0.2) is 0 Å². The molecule has 1 rings (SSSR count). The molecule has 96 valence electrons. The number of methoxy groups -OCH3 is 1. The molecule has 5 nitrogen and oxygen atoms in total. The van der Waals surface area contributed by atoms with Crippen molar-refractivity contribution in [3.05, 3.63) is 0 Å². The van der Waals surface area contributed by atoms with Gasteiger partial charge in [0, 0.05) is 20.2 Å². The third kappa shape index (κ3) is 5.12. The minimum atomic E-state index is -0.328. The van der Waals surface area contributed by atoms with E-state index >= 15 is 0 Å². The van der Waals surface area contributed by atoms with Crippen LogP contribution in [-0.2, 0) is 14.3 Å². The average Bonchev–Trinajstić information content (AvgIpc) is 2.27. The summed E-state index contributed by atoms with van der Waals surface area (Å²) in [4.78, 5) is 11.7. The predicted octanol–water partition coefficient (Wildman–Crippen LogP) is -0.0622. The number of rotatable bonds is 4. The number of halogens is 1. The van der Waals surface area contributed by atoms with Crippen LogP contribution < -0.4 is 10.6 Å². The fraction of sp³-hybridized carbons (Fsp3) is 0.900. The topological polar surface area (TPSA) is 59.6 Å². The summed E-state index contributed by atoms with van der Waals surface area (Å²) in [6.45, 7) is 6.20. The monoisotopic (exact) mass is 252 g/mol. The quantitative estimate of drug-likeness (QED) is 0.736. The van der Waals surface area contributed by atoms with Gasteiger partial charge in [-0.3, -0.25) is 4.79 Å². The smallest absolute Gasteiger partial charge is 0.239 e. The van der Waals surface area contributed by atoms with Crippen LogP contribution in [-0.4, -0.2) is 51.0 Å². The third-order valence-corrected chi connectivity index (χ3v) is 2.48. The van der Waals surface area contributed by atoms with Crippen molar-refractivity contribution < 1.29 is 14.3 Å². The van der Waals surface area contributed by atoms with E-state index in [2.05, 4.69) is 10.6 Å². The maximum absolute atomic E-state index is 11.7. The van der Waals surface area contributed by atoms with Crippen LogP contribution in [0.25, 0.3) is 0 Å². The highest BCUT2D eigenvalue weighted by Crippen LogP contribution is 2.05. The average molecular weight is 253 g/mol. The number of morpholine rings is 1. The molecular weight excluding hydrogens is 232 g/mol. The molecule has 1 aliphatic rings. The molecule has 0 radical (unpaired) electrons. The molecule has 1 saturated heterocycles. The van der Waals surface area contributed by atoms with E-state index in [4.69, 9.17) is 9.47 Å². The SMILES string of the molecule is COC(C)(C)CNC(=O)C1COCCN1.Cl. The Morgan fingerprint density at radius 3 is 2.81 bits per heavy atom. The predicted molar refractivity (Wildman–Crippen MR) is 64.0 cm³/mol. The molecule has 1 heterocycles. The number of hydrogen-bond acceptors (Lipinski definition) is 4. The molecule has 0 aromatic rings. The van der Waals surface area contributed by atoms with Crippen molar-refractivity contribution in [1.82, 2.24) is 10.6 Å². The van der Waals surface area contributed by atoms with Gasteiger partial charge >= 0.3 is 0 Å². The van der Waals surface area contributed by atoms with Gasteiger partial charge in [0.15, 0.2) is 0 Å². The minimum absolute atomic E-state index is 0. The van der Waals surface area contributed by atoms with Crippen LogP contribution in [0.1, 0.15) is 13.8 Å². The van der Waals surface area contributed by atoms with Gasteiger partial charge in [-0.25, -0.2) is 0 Å². The number of amides is 1. The molecule has 0 spiro atoms. The Kier molecular flexibility index (Phi) is 6.90. The van der Waals surface area contributed by atoms with E-state index < -0.39 is 0 Å². The van der Waals surface area contributed by atoms with Crippen molar-refractivity contribution in [2.24, 2.45) is 0 Å². The maximum Gasteiger partial charge on any atom is 0.239 e. The number of nitrogens with one attached hydrogen (secondary N) is 2. The lowest BCUT2D eigenvalue weighted by Gasteiger charge is -2.27. The van der Waals surface area contributed by atoms with E-state index in [1.54, 1.807) is 7.11 Å². The molecule has 0 saturated carbocycles. The van der Waals surface area contributed by atoms with Gasteiger partial charge in [-0.15, -0.1) is 12.4 Å². The second-order valence-corrected chi connectivity index (χ2v) is 4.26. The molecule has 0 aromatic heterocycles. The van der Waals surface area contributed by atoms with Crippen molar-refractivity contribution in [3.63, 3.8) is 0 Å². The van der Waals surface area contributed by atoms with Gasteiger partial charge in [-0.1, -0.05) is 0 Å².